The molecule has 1 amide bonds. The minimum atomic E-state index is -0.809. The third-order valence-corrected chi connectivity index (χ3v) is 10.1. The summed E-state index contributed by atoms with van der Waals surface area (Å²) >= 11 is 0. The Hall–Kier alpha value is -2.96. The van der Waals surface area contributed by atoms with Crippen LogP contribution < -0.4 is 5.32 Å². The molecule has 0 aliphatic carbocycles. The van der Waals surface area contributed by atoms with Crippen molar-refractivity contribution in [1.29, 1.82) is 0 Å². The summed E-state index contributed by atoms with van der Waals surface area (Å²) < 4.78 is 5.86. The second-order valence-electron chi connectivity index (χ2n) is 15.5. The highest BCUT2D eigenvalue weighted by Gasteiger charge is 2.24. The van der Waals surface area contributed by atoms with Crippen molar-refractivity contribution in [2.75, 3.05) is 6.61 Å². The molecule has 0 saturated carbocycles. The molecule has 0 saturated heterocycles. The molecular formula is C51H87NO5. The van der Waals surface area contributed by atoms with Crippen molar-refractivity contribution in [3.63, 3.8) is 0 Å². The van der Waals surface area contributed by atoms with E-state index >= 15 is 0 Å². The van der Waals surface area contributed by atoms with Crippen LogP contribution in [0.4, 0.5) is 0 Å². The number of aliphatic hydroxyl groups is 2. The Morgan fingerprint density at radius 3 is 1.67 bits per heavy atom. The highest BCUT2D eigenvalue weighted by Crippen LogP contribution is 2.16. The van der Waals surface area contributed by atoms with Crippen LogP contribution in [0.3, 0.4) is 0 Å². The van der Waals surface area contributed by atoms with Crippen LogP contribution >= 0.6 is 0 Å². The van der Waals surface area contributed by atoms with E-state index < -0.39 is 18.2 Å². The Morgan fingerprint density at radius 1 is 0.544 bits per heavy atom. The molecule has 6 heteroatoms. The SMILES string of the molecule is CC/C=C/C=C/C=C\C=C/CCCC(CC(=O)NC(CO)C(O)CCCCCCCCCCCCC)OC(=O)CCCCCCCC/C=C/C/C=C/C/C=C/CC. The van der Waals surface area contributed by atoms with Gasteiger partial charge in [-0.05, 0) is 70.6 Å². The molecule has 0 aromatic carbocycles. The van der Waals surface area contributed by atoms with E-state index in [2.05, 4.69) is 74.7 Å². The maximum absolute atomic E-state index is 13.1. The van der Waals surface area contributed by atoms with Crippen LogP contribution in [0.1, 0.15) is 201 Å². The van der Waals surface area contributed by atoms with Gasteiger partial charge in [-0.1, -0.05) is 202 Å². The minimum absolute atomic E-state index is 0.0220. The fraction of sp³-hybridized carbons (Fsp3) is 0.686. The number of esters is 1. The van der Waals surface area contributed by atoms with Gasteiger partial charge in [0.25, 0.3) is 0 Å². The van der Waals surface area contributed by atoms with Gasteiger partial charge in [0.05, 0.1) is 25.2 Å². The van der Waals surface area contributed by atoms with Gasteiger partial charge in [0.1, 0.15) is 6.10 Å². The summed E-state index contributed by atoms with van der Waals surface area (Å²) in [6, 6.07) is -0.727. The molecule has 0 rings (SSSR count). The normalized spacial score (nSPS) is 14.1. The summed E-state index contributed by atoms with van der Waals surface area (Å²) in [6.45, 7) is 6.18. The molecule has 57 heavy (non-hydrogen) atoms. The molecule has 0 aliphatic heterocycles. The minimum Gasteiger partial charge on any atom is -0.462 e. The smallest absolute Gasteiger partial charge is 0.306 e. The third-order valence-electron chi connectivity index (χ3n) is 10.1. The van der Waals surface area contributed by atoms with Crippen molar-refractivity contribution in [3.8, 4) is 0 Å². The third kappa shape index (κ3) is 39.6. The van der Waals surface area contributed by atoms with Gasteiger partial charge in [0, 0.05) is 6.42 Å². The van der Waals surface area contributed by atoms with Crippen molar-refractivity contribution >= 4 is 11.9 Å². The van der Waals surface area contributed by atoms with Crippen LogP contribution in [0.25, 0.3) is 0 Å². The average molecular weight is 794 g/mol. The van der Waals surface area contributed by atoms with E-state index in [1.54, 1.807) is 0 Å². The topological polar surface area (TPSA) is 95.9 Å². The molecule has 0 aromatic rings. The lowest BCUT2D eigenvalue weighted by atomic mass is 10.0. The number of carbonyl (C=O) groups excluding carboxylic acids is 2. The van der Waals surface area contributed by atoms with Gasteiger partial charge < -0.3 is 20.3 Å². The predicted octanol–water partition coefficient (Wildman–Crippen LogP) is 13.6. The summed E-state index contributed by atoms with van der Waals surface area (Å²) in [6.07, 6.45) is 56.5. The maximum atomic E-state index is 13.1. The first-order valence-corrected chi connectivity index (χ1v) is 23.4. The largest absolute Gasteiger partial charge is 0.462 e. The number of allylic oxidation sites excluding steroid dienone is 14. The molecule has 326 valence electrons. The van der Waals surface area contributed by atoms with Gasteiger partial charge in [-0.2, -0.15) is 0 Å². The molecular weight excluding hydrogens is 707 g/mol. The zero-order valence-electron chi connectivity index (χ0n) is 36.9. The van der Waals surface area contributed by atoms with Crippen LogP contribution in [0.15, 0.2) is 85.1 Å². The van der Waals surface area contributed by atoms with Crippen molar-refractivity contribution in [2.45, 2.75) is 219 Å². The average Bonchev–Trinajstić information content (AvgIpc) is 3.20. The molecule has 3 unspecified atom stereocenters. The van der Waals surface area contributed by atoms with Crippen LogP contribution in [0, 0.1) is 0 Å². The predicted molar refractivity (Wildman–Crippen MR) is 245 cm³/mol. The van der Waals surface area contributed by atoms with Crippen LogP contribution in [0.5, 0.6) is 0 Å². The van der Waals surface area contributed by atoms with Crippen molar-refractivity contribution in [1.82, 2.24) is 5.32 Å². The van der Waals surface area contributed by atoms with Gasteiger partial charge in [-0.3, -0.25) is 9.59 Å². The molecule has 0 radical (unpaired) electrons. The van der Waals surface area contributed by atoms with Crippen molar-refractivity contribution in [2.24, 2.45) is 0 Å². The van der Waals surface area contributed by atoms with E-state index in [1.807, 2.05) is 36.5 Å². The zero-order chi connectivity index (χ0) is 41.7. The van der Waals surface area contributed by atoms with E-state index in [-0.39, 0.29) is 24.9 Å². The monoisotopic (exact) mass is 794 g/mol. The van der Waals surface area contributed by atoms with Gasteiger partial charge in [-0.15, -0.1) is 0 Å². The van der Waals surface area contributed by atoms with E-state index in [0.717, 1.165) is 83.5 Å². The van der Waals surface area contributed by atoms with Crippen molar-refractivity contribution < 1.29 is 24.5 Å². The Bertz CT molecular complexity index is 1120. The number of amides is 1. The molecule has 0 heterocycles. The van der Waals surface area contributed by atoms with Crippen LogP contribution in [0.2, 0.25) is 0 Å². The summed E-state index contributed by atoms with van der Waals surface area (Å²) in [7, 11) is 0. The number of unbranched alkanes of at least 4 members (excludes halogenated alkanes) is 17. The number of hydrogen-bond donors (Lipinski definition) is 3. The fourth-order valence-corrected chi connectivity index (χ4v) is 6.58. The zero-order valence-corrected chi connectivity index (χ0v) is 36.9. The molecule has 6 nitrogen and oxygen atoms in total. The molecule has 0 spiro atoms. The van der Waals surface area contributed by atoms with Crippen molar-refractivity contribution in [3.05, 3.63) is 85.1 Å². The van der Waals surface area contributed by atoms with E-state index in [4.69, 9.17) is 4.74 Å². The first-order chi connectivity index (χ1) is 28.0. The molecule has 0 bridgehead atoms. The lowest BCUT2D eigenvalue weighted by Crippen LogP contribution is -2.46. The van der Waals surface area contributed by atoms with Gasteiger partial charge >= 0.3 is 5.97 Å². The number of aliphatic hydroxyl groups excluding tert-OH is 2. The summed E-state index contributed by atoms with van der Waals surface area (Å²) in [5.41, 5.74) is 0. The Labute approximate surface area is 351 Å². The Morgan fingerprint density at radius 2 is 1.05 bits per heavy atom. The van der Waals surface area contributed by atoms with Gasteiger partial charge in [0.2, 0.25) is 5.91 Å². The highest BCUT2D eigenvalue weighted by atomic mass is 16.5. The maximum Gasteiger partial charge on any atom is 0.306 e. The highest BCUT2D eigenvalue weighted by molar-refractivity contribution is 5.77. The first-order valence-electron chi connectivity index (χ1n) is 23.4. The van der Waals surface area contributed by atoms with Gasteiger partial charge in [0.15, 0.2) is 0 Å². The lowest BCUT2D eigenvalue weighted by molar-refractivity contribution is -0.151. The van der Waals surface area contributed by atoms with E-state index in [0.29, 0.717) is 19.3 Å². The lowest BCUT2D eigenvalue weighted by Gasteiger charge is -2.24. The number of rotatable bonds is 40. The Kier molecular flexibility index (Phi) is 41.9. The standard InChI is InChI=1S/C51H87NO5/c1-4-7-10-13-16-19-22-23-24-25-26-29-32-35-38-41-44-51(56)57-47(42-39-36-33-30-27-20-17-14-11-8-5-2)45-50(55)52-48(46-53)49(54)43-40-37-34-31-28-21-18-15-12-9-6-3/h7-8,10-11,14,16-17,19-20,23-24,27,30,33,47-49,53-54H,4-6,9,12-13,15,18,21-22,25-26,28-29,31-32,34-46H2,1-3H3,(H,52,55)/b10-7+,11-8+,17-14+,19-16+,24-23+,27-20-,33-30-. The van der Waals surface area contributed by atoms with Crippen LogP contribution in [-0.2, 0) is 14.3 Å². The van der Waals surface area contributed by atoms with Crippen LogP contribution in [-0.4, -0.2) is 46.9 Å². The molecule has 0 aliphatic rings. The molecule has 0 fully saturated rings. The number of hydrogen-bond acceptors (Lipinski definition) is 5. The fourth-order valence-electron chi connectivity index (χ4n) is 6.58. The molecule has 0 aromatic heterocycles. The molecule has 3 atom stereocenters. The number of ether oxygens (including phenoxy) is 1. The second-order valence-corrected chi connectivity index (χ2v) is 15.5. The number of nitrogens with one attached hydrogen (secondary N) is 1. The molecule has 3 N–H and O–H groups in total. The quantitative estimate of drug-likeness (QED) is 0.0248. The second kappa shape index (κ2) is 44.1. The summed E-state index contributed by atoms with van der Waals surface area (Å²) in [5, 5.41) is 23.6. The number of carbonyl (C=O) groups is 2. The Balaban J connectivity index is 4.67. The summed E-state index contributed by atoms with van der Waals surface area (Å²) in [5.74, 6) is -0.565. The first kappa shape index (κ1) is 54.0. The van der Waals surface area contributed by atoms with E-state index in [9.17, 15) is 19.8 Å². The summed E-state index contributed by atoms with van der Waals surface area (Å²) in [4.78, 5) is 26.0. The van der Waals surface area contributed by atoms with E-state index in [1.165, 1.54) is 70.6 Å². The van der Waals surface area contributed by atoms with Gasteiger partial charge in [-0.25, -0.2) is 0 Å².